The van der Waals surface area contributed by atoms with E-state index in [9.17, 15) is 9.42 Å². The zero-order valence-corrected chi connectivity index (χ0v) is 8.42. The zero-order valence-electron chi connectivity index (χ0n) is 6.85. The predicted octanol–water partition coefficient (Wildman–Crippen LogP) is 1.80. The zero-order chi connectivity index (χ0) is 10.1. The number of hydrogen-bond acceptors (Lipinski definition) is 2. The van der Waals surface area contributed by atoms with Crippen molar-refractivity contribution in [1.82, 2.24) is 4.05 Å². The van der Waals surface area contributed by atoms with Crippen LogP contribution in [-0.4, -0.2) is 21.0 Å². The summed E-state index contributed by atoms with van der Waals surface area (Å²) in [5.41, 5.74) is 0.297. The van der Waals surface area contributed by atoms with Crippen LogP contribution in [0.2, 0.25) is 5.02 Å². The molecule has 13 heavy (non-hydrogen) atoms. The minimum absolute atomic E-state index is 0.297. The van der Waals surface area contributed by atoms with Crippen LogP contribution >= 0.6 is 11.6 Å². The molecule has 4 nitrogen and oxygen atoms in total. The van der Waals surface area contributed by atoms with Crippen molar-refractivity contribution in [1.29, 1.82) is 0 Å². The van der Waals surface area contributed by atoms with Gasteiger partial charge in [-0.2, -0.15) is 9.42 Å². The van der Waals surface area contributed by atoms with Gasteiger partial charge in [0.05, 0.1) is 0 Å². The Morgan fingerprint density at radius 2 is 1.85 bits per heavy atom. The largest absolute Gasteiger partial charge is 0.397 e. The first-order valence-electron chi connectivity index (χ1n) is 3.41. The van der Waals surface area contributed by atoms with Gasteiger partial charge in [0, 0.05) is 17.2 Å². The van der Waals surface area contributed by atoms with Crippen LogP contribution in [0.4, 0.5) is 5.69 Å². The molecule has 1 aromatic rings. The van der Waals surface area contributed by atoms with Crippen LogP contribution in [0.5, 0.6) is 0 Å². The second kappa shape index (κ2) is 3.73. The lowest BCUT2D eigenvalue weighted by molar-refractivity contribution is 0.0356. The van der Waals surface area contributed by atoms with E-state index in [1.54, 1.807) is 0 Å². The Hall–Kier alpha value is -0.460. The van der Waals surface area contributed by atoms with E-state index in [0.29, 0.717) is 10.7 Å². The molecule has 6 heteroatoms. The topological polar surface area (TPSA) is 57.5 Å². The van der Waals surface area contributed by atoms with Crippen LogP contribution < -0.4 is 4.05 Å². The normalized spacial score (nSPS) is 17.8. The third-order valence-electron chi connectivity index (χ3n) is 1.61. The second-order valence-electron chi connectivity index (χ2n) is 2.59. The van der Waals surface area contributed by atoms with Gasteiger partial charge in [-0.25, -0.2) is 0 Å². The van der Waals surface area contributed by atoms with Crippen molar-refractivity contribution in [3.05, 3.63) is 29.3 Å². The van der Waals surface area contributed by atoms with Crippen molar-refractivity contribution >= 4 is 28.6 Å². The summed E-state index contributed by atoms with van der Waals surface area (Å²) >= 11 is 3.23. The summed E-state index contributed by atoms with van der Waals surface area (Å²) in [6, 6.07) is 6.04. The maximum atomic E-state index is 10.7. The summed E-state index contributed by atoms with van der Waals surface area (Å²) in [4.78, 5) is 0. The van der Waals surface area contributed by atoms with Gasteiger partial charge in [0.2, 0.25) is 0 Å². The Morgan fingerprint density at radius 1 is 1.38 bits per heavy atom. The molecule has 72 valence electrons. The lowest BCUT2D eigenvalue weighted by atomic mass is 10.3. The first-order chi connectivity index (χ1) is 5.94. The number of hydroxylamine groups is 1. The molecule has 0 bridgehead atoms. The minimum Gasteiger partial charge on any atom is -0.258 e. The fraction of sp³-hybridized carbons (Fsp3) is 0.143. The molecule has 0 saturated carbocycles. The lowest BCUT2D eigenvalue weighted by Crippen LogP contribution is -2.42. The molecule has 0 aliphatic heterocycles. The van der Waals surface area contributed by atoms with Gasteiger partial charge in [-0.3, -0.25) is 4.55 Å². The highest BCUT2D eigenvalue weighted by Gasteiger charge is 2.30. The molecule has 0 aliphatic carbocycles. The number of rotatable bonds is 2. The average molecular weight is 223 g/mol. The van der Waals surface area contributed by atoms with E-state index >= 15 is 0 Å². The van der Waals surface area contributed by atoms with E-state index < -0.39 is 15.3 Å². The fourth-order valence-corrected chi connectivity index (χ4v) is 1.24. The van der Waals surface area contributed by atoms with Crippen molar-refractivity contribution < 1.29 is 14.0 Å². The Morgan fingerprint density at radius 3 is 2.23 bits per heavy atom. The van der Waals surface area contributed by atoms with Gasteiger partial charge in [-0.1, -0.05) is 11.6 Å². The summed E-state index contributed by atoms with van der Waals surface area (Å²) in [7, 11) is 1.21. The van der Waals surface area contributed by atoms with Gasteiger partial charge in [0.15, 0.2) is 5.69 Å². The van der Waals surface area contributed by atoms with E-state index in [2.05, 4.69) is 0 Å². The highest BCUT2D eigenvalue weighted by molar-refractivity contribution is 7.78. The molecule has 0 aliphatic rings. The standard InChI is InChI=1S/C7H8ClNO3S/c1-9(10,13(11)12)7-4-2-6(8)3-5-7/h2-5,10H,1H3/p+1. The Bertz CT molecular complexity index is 325. The van der Waals surface area contributed by atoms with E-state index in [1.807, 2.05) is 0 Å². The quantitative estimate of drug-likeness (QED) is 0.456. The van der Waals surface area contributed by atoms with Gasteiger partial charge < -0.3 is 0 Å². The van der Waals surface area contributed by atoms with Crippen LogP contribution in [-0.2, 0) is 11.3 Å². The van der Waals surface area contributed by atoms with Gasteiger partial charge in [0.1, 0.15) is 7.05 Å². The van der Waals surface area contributed by atoms with Gasteiger partial charge >= 0.3 is 11.3 Å². The maximum Gasteiger partial charge on any atom is 0.397 e. The Kier molecular flexibility index (Phi) is 3.05. The smallest absolute Gasteiger partial charge is 0.258 e. The first kappa shape index (κ1) is 10.6. The third kappa shape index (κ3) is 2.26. The first-order valence-corrected chi connectivity index (χ1v) is 4.85. The Labute approximate surface area is 83.3 Å². The van der Waals surface area contributed by atoms with E-state index in [4.69, 9.17) is 16.2 Å². The van der Waals surface area contributed by atoms with Crippen LogP contribution in [0, 0.1) is 0 Å². The van der Waals surface area contributed by atoms with Crippen molar-refractivity contribution in [2.24, 2.45) is 0 Å². The average Bonchev–Trinajstić information content (AvgIpc) is 2.04. The van der Waals surface area contributed by atoms with Gasteiger partial charge in [-0.15, -0.1) is 0 Å². The van der Waals surface area contributed by atoms with Crippen molar-refractivity contribution in [2.75, 3.05) is 7.05 Å². The molecular weight excluding hydrogens is 214 g/mol. The SMILES string of the molecule is C[N+](O)(c1ccc(Cl)cc1)S(=O)O. The molecule has 0 fully saturated rings. The molecule has 0 saturated heterocycles. The summed E-state index contributed by atoms with van der Waals surface area (Å²) < 4.78 is 18.4. The molecule has 1 aromatic carbocycles. The highest BCUT2D eigenvalue weighted by Crippen LogP contribution is 2.22. The fourth-order valence-electron chi connectivity index (χ4n) is 0.808. The number of nitrogens with zero attached hydrogens (tertiary/aromatic N) is 1. The maximum absolute atomic E-state index is 10.7. The van der Waals surface area contributed by atoms with Crippen LogP contribution in [0.25, 0.3) is 0 Å². The summed E-state index contributed by atoms with van der Waals surface area (Å²) in [5, 5.41) is 10.0. The number of hydrogen-bond donors (Lipinski definition) is 2. The molecule has 0 radical (unpaired) electrons. The second-order valence-corrected chi connectivity index (χ2v) is 4.20. The molecular formula is C7H9ClNO3S+. The monoisotopic (exact) mass is 222 g/mol. The van der Waals surface area contributed by atoms with Crippen molar-refractivity contribution in [3.8, 4) is 0 Å². The molecule has 0 aromatic heterocycles. The van der Waals surface area contributed by atoms with E-state index in [0.717, 1.165) is 0 Å². The highest BCUT2D eigenvalue weighted by atomic mass is 35.5. The van der Waals surface area contributed by atoms with Crippen molar-refractivity contribution in [3.63, 3.8) is 0 Å². The minimum atomic E-state index is -2.38. The molecule has 0 amide bonds. The van der Waals surface area contributed by atoms with Crippen LogP contribution in [0.3, 0.4) is 0 Å². The molecule has 0 heterocycles. The van der Waals surface area contributed by atoms with Gasteiger partial charge in [0.25, 0.3) is 0 Å². The summed E-state index contributed by atoms with van der Waals surface area (Å²) in [5.74, 6) is 0. The van der Waals surface area contributed by atoms with E-state index in [1.165, 1.54) is 31.3 Å². The molecule has 2 unspecified atom stereocenters. The Balaban J connectivity index is 3.08. The van der Waals surface area contributed by atoms with Crippen LogP contribution in [0.1, 0.15) is 0 Å². The molecule has 1 rings (SSSR count). The third-order valence-corrected chi connectivity index (χ3v) is 2.68. The molecule has 2 N–H and O–H groups in total. The number of benzene rings is 1. The number of halogens is 1. The summed E-state index contributed by atoms with van der Waals surface area (Å²) in [6.45, 7) is 0. The number of quaternary nitrogens is 1. The molecule has 0 spiro atoms. The van der Waals surface area contributed by atoms with Gasteiger partial charge in [-0.05, 0) is 16.2 Å². The van der Waals surface area contributed by atoms with Crippen molar-refractivity contribution in [2.45, 2.75) is 0 Å². The predicted molar refractivity (Wildman–Crippen MR) is 51.7 cm³/mol. The lowest BCUT2D eigenvalue weighted by Gasteiger charge is -2.18. The summed E-state index contributed by atoms with van der Waals surface area (Å²) in [6.07, 6.45) is 0. The van der Waals surface area contributed by atoms with Crippen LogP contribution in [0.15, 0.2) is 24.3 Å². The van der Waals surface area contributed by atoms with E-state index in [-0.39, 0.29) is 0 Å². The molecule has 2 atom stereocenters.